The van der Waals surface area contributed by atoms with Gasteiger partial charge in [-0.3, -0.25) is 9.98 Å². The van der Waals surface area contributed by atoms with Crippen LogP contribution >= 0.6 is 0 Å². The molecule has 0 N–H and O–H groups in total. The van der Waals surface area contributed by atoms with Crippen LogP contribution in [0.1, 0.15) is 0 Å². The molecule has 1 atom stereocenters. The normalized spacial score (nSPS) is 32.6. The first-order chi connectivity index (χ1) is 6.42. The smallest absolute Gasteiger partial charge is 0.0786 e. The SMILES string of the molecule is C1=CC2=NC=C3C=NC=CC32C=C1. The highest BCUT2D eigenvalue weighted by Gasteiger charge is 2.37. The van der Waals surface area contributed by atoms with Crippen LogP contribution < -0.4 is 0 Å². The first kappa shape index (κ1) is 6.78. The number of nitrogens with zero attached hydrogens (tertiary/aromatic N) is 2. The average Bonchev–Trinajstić information content (AvgIpc) is 2.56. The highest BCUT2D eigenvalue weighted by Crippen LogP contribution is 2.40. The lowest BCUT2D eigenvalue weighted by atomic mass is 9.75. The third-order valence-corrected chi connectivity index (χ3v) is 2.61. The molecule has 3 aliphatic rings. The lowest BCUT2D eigenvalue weighted by molar-refractivity contribution is 0.857. The fourth-order valence-electron chi connectivity index (χ4n) is 1.88. The Bertz CT molecular complexity index is 389. The summed E-state index contributed by atoms with van der Waals surface area (Å²) >= 11 is 0. The standard InChI is InChI=1S/C11H8N2/c1-2-4-11-5-6-12-7-9(11)8-13-10(11)3-1/h1-8H. The number of hydrogen-bond donors (Lipinski definition) is 0. The maximum atomic E-state index is 4.37. The van der Waals surface area contributed by atoms with Crippen molar-refractivity contribution < 1.29 is 0 Å². The molecular formula is C11H8N2. The van der Waals surface area contributed by atoms with Crippen LogP contribution in [0, 0.1) is 5.41 Å². The lowest BCUT2D eigenvalue weighted by Gasteiger charge is -2.27. The van der Waals surface area contributed by atoms with Gasteiger partial charge in [-0.1, -0.05) is 18.2 Å². The predicted octanol–water partition coefficient (Wildman–Crippen LogP) is 2.04. The Kier molecular flexibility index (Phi) is 1.13. The van der Waals surface area contributed by atoms with E-state index in [0.717, 1.165) is 11.3 Å². The monoisotopic (exact) mass is 168 g/mol. The van der Waals surface area contributed by atoms with Crippen molar-refractivity contribution in [3.8, 4) is 0 Å². The summed E-state index contributed by atoms with van der Waals surface area (Å²) in [4.78, 5) is 8.47. The van der Waals surface area contributed by atoms with Crippen molar-refractivity contribution in [2.24, 2.45) is 15.4 Å². The summed E-state index contributed by atoms with van der Waals surface area (Å²) in [5.41, 5.74) is 2.15. The van der Waals surface area contributed by atoms with Crippen molar-refractivity contribution >= 4 is 11.9 Å². The van der Waals surface area contributed by atoms with Crippen LogP contribution in [0.3, 0.4) is 0 Å². The molecule has 3 rings (SSSR count). The first-order valence-electron chi connectivity index (χ1n) is 4.27. The molecule has 0 radical (unpaired) electrons. The quantitative estimate of drug-likeness (QED) is 0.528. The molecule has 0 saturated carbocycles. The Morgan fingerprint density at radius 1 is 1.15 bits per heavy atom. The zero-order chi connectivity index (χ0) is 8.73. The molecule has 0 amide bonds. The van der Waals surface area contributed by atoms with E-state index in [9.17, 15) is 0 Å². The molecule has 0 bridgehead atoms. The molecule has 0 aromatic heterocycles. The summed E-state index contributed by atoms with van der Waals surface area (Å²) < 4.78 is 0. The molecule has 1 unspecified atom stereocenters. The summed E-state index contributed by atoms with van der Waals surface area (Å²) in [7, 11) is 0. The van der Waals surface area contributed by atoms with E-state index in [1.165, 1.54) is 0 Å². The zero-order valence-electron chi connectivity index (χ0n) is 7.01. The fraction of sp³-hybridized carbons (Fsp3) is 0.0909. The number of aliphatic imine (C=N–C) groups is 2. The first-order valence-corrected chi connectivity index (χ1v) is 4.27. The third-order valence-electron chi connectivity index (χ3n) is 2.61. The third kappa shape index (κ3) is 0.724. The van der Waals surface area contributed by atoms with Crippen molar-refractivity contribution in [2.75, 3.05) is 0 Å². The number of hydrogen-bond acceptors (Lipinski definition) is 2. The minimum absolute atomic E-state index is 0.101. The largest absolute Gasteiger partial charge is 0.265 e. The van der Waals surface area contributed by atoms with E-state index in [1.807, 2.05) is 30.8 Å². The second-order valence-electron chi connectivity index (χ2n) is 3.28. The van der Waals surface area contributed by atoms with Gasteiger partial charge in [0.15, 0.2) is 0 Å². The minimum Gasteiger partial charge on any atom is -0.265 e. The topological polar surface area (TPSA) is 24.7 Å². The van der Waals surface area contributed by atoms with Gasteiger partial charge < -0.3 is 0 Å². The van der Waals surface area contributed by atoms with Crippen molar-refractivity contribution in [1.82, 2.24) is 0 Å². The van der Waals surface area contributed by atoms with Gasteiger partial charge in [-0.15, -0.1) is 0 Å². The van der Waals surface area contributed by atoms with Gasteiger partial charge in [-0.2, -0.15) is 0 Å². The Morgan fingerprint density at radius 2 is 2.15 bits per heavy atom. The molecule has 0 saturated heterocycles. The van der Waals surface area contributed by atoms with Gasteiger partial charge >= 0.3 is 0 Å². The Balaban J connectivity index is 2.23. The summed E-state index contributed by atoms with van der Waals surface area (Å²) in [6.45, 7) is 0. The Morgan fingerprint density at radius 3 is 3.15 bits per heavy atom. The molecule has 1 aliphatic carbocycles. The van der Waals surface area contributed by atoms with Gasteiger partial charge in [0.1, 0.15) is 0 Å². The predicted molar refractivity (Wildman–Crippen MR) is 53.9 cm³/mol. The number of allylic oxidation sites excluding steroid dienone is 6. The Labute approximate surface area is 76.4 Å². The second-order valence-corrected chi connectivity index (χ2v) is 3.28. The molecule has 1 spiro atoms. The molecule has 0 aromatic rings. The van der Waals surface area contributed by atoms with E-state index < -0.39 is 0 Å². The van der Waals surface area contributed by atoms with E-state index in [1.54, 1.807) is 0 Å². The lowest BCUT2D eigenvalue weighted by Crippen LogP contribution is -2.28. The average molecular weight is 168 g/mol. The molecule has 0 fully saturated rings. The summed E-state index contributed by atoms with van der Waals surface area (Å²) in [5.74, 6) is 0. The highest BCUT2D eigenvalue weighted by atomic mass is 14.8. The van der Waals surface area contributed by atoms with E-state index in [0.29, 0.717) is 0 Å². The Hall–Kier alpha value is -1.70. The molecule has 2 nitrogen and oxygen atoms in total. The summed E-state index contributed by atoms with van der Waals surface area (Å²) in [6, 6.07) is 0. The fourth-order valence-corrected chi connectivity index (χ4v) is 1.88. The van der Waals surface area contributed by atoms with Gasteiger partial charge in [-0.05, 0) is 12.2 Å². The van der Waals surface area contributed by atoms with Crippen molar-refractivity contribution in [2.45, 2.75) is 0 Å². The molecule has 0 aromatic carbocycles. The van der Waals surface area contributed by atoms with Gasteiger partial charge in [0.25, 0.3) is 0 Å². The molecule has 2 aliphatic heterocycles. The summed E-state index contributed by atoms with van der Waals surface area (Å²) in [6.07, 6.45) is 16.0. The van der Waals surface area contributed by atoms with Crippen LogP contribution in [0.2, 0.25) is 0 Å². The number of rotatable bonds is 0. The maximum Gasteiger partial charge on any atom is 0.0786 e. The maximum absolute atomic E-state index is 4.37. The van der Waals surface area contributed by atoms with Crippen molar-refractivity contribution in [3.05, 3.63) is 48.4 Å². The van der Waals surface area contributed by atoms with Crippen molar-refractivity contribution in [3.63, 3.8) is 0 Å². The molecule has 2 heteroatoms. The highest BCUT2D eigenvalue weighted by molar-refractivity contribution is 6.13. The minimum atomic E-state index is -0.101. The van der Waals surface area contributed by atoms with Crippen LogP contribution in [0.5, 0.6) is 0 Å². The summed E-state index contributed by atoms with van der Waals surface area (Å²) in [5, 5.41) is 0. The van der Waals surface area contributed by atoms with Crippen LogP contribution in [-0.4, -0.2) is 11.9 Å². The molecule has 62 valence electrons. The van der Waals surface area contributed by atoms with Gasteiger partial charge in [0.2, 0.25) is 0 Å². The second kappa shape index (κ2) is 2.16. The van der Waals surface area contributed by atoms with Gasteiger partial charge in [0.05, 0.1) is 11.1 Å². The van der Waals surface area contributed by atoms with Crippen LogP contribution in [0.4, 0.5) is 0 Å². The molecular weight excluding hydrogens is 160 g/mol. The van der Waals surface area contributed by atoms with E-state index in [-0.39, 0.29) is 5.41 Å². The van der Waals surface area contributed by atoms with Crippen LogP contribution in [0.15, 0.2) is 58.3 Å². The van der Waals surface area contributed by atoms with Crippen molar-refractivity contribution in [1.29, 1.82) is 0 Å². The van der Waals surface area contributed by atoms with E-state index in [4.69, 9.17) is 0 Å². The van der Waals surface area contributed by atoms with Gasteiger partial charge in [-0.25, -0.2) is 0 Å². The van der Waals surface area contributed by atoms with E-state index >= 15 is 0 Å². The van der Waals surface area contributed by atoms with Gasteiger partial charge in [0, 0.05) is 24.2 Å². The van der Waals surface area contributed by atoms with Crippen LogP contribution in [0.25, 0.3) is 0 Å². The van der Waals surface area contributed by atoms with Crippen LogP contribution in [-0.2, 0) is 0 Å². The molecule has 13 heavy (non-hydrogen) atoms. The molecule has 2 heterocycles. The van der Waals surface area contributed by atoms with E-state index in [2.05, 4.69) is 28.2 Å². The zero-order valence-corrected chi connectivity index (χ0v) is 7.01.